The van der Waals surface area contributed by atoms with E-state index in [4.69, 9.17) is 0 Å². The number of alkyl halides is 3. The molecule has 0 amide bonds. The van der Waals surface area contributed by atoms with Crippen molar-refractivity contribution in [2.75, 3.05) is 18.0 Å². The maximum atomic E-state index is 12.6. The molecule has 0 spiro atoms. The molecule has 1 fully saturated rings. The average Bonchev–Trinajstić information content (AvgIpc) is 2.80. The summed E-state index contributed by atoms with van der Waals surface area (Å²) < 4.78 is 37.7. The molecule has 1 heterocycles. The quantitative estimate of drug-likeness (QED) is 0.778. The summed E-state index contributed by atoms with van der Waals surface area (Å²) in [4.78, 5) is 1.87. The predicted octanol–water partition coefficient (Wildman–Crippen LogP) is 0.985. The third kappa shape index (κ3) is 2.62. The van der Waals surface area contributed by atoms with Gasteiger partial charge in [0.2, 0.25) is 0 Å². The molecule has 2 N–H and O–H groups in total. The number of hydrogen-bond donors (Lipinski definition) is 2. The first-order chi connectivity index (χ1) is 8.39. The van der Waals surface area contributed by atoms with Gasteiger partial charge in [0.15, 0.2) is 0 Å². The van der Waals surface area contributed by atoms with E-state index in [9.17, 15) is 23.2 Å². The first-order valence-corrected chi connectivity index (χ1v) is 5.72. The predicted molar refractivity (Wildman–Crippen MR) is 62.7 cm³/mol. The summed E-state index contributed by atoms with van der Waals surface area (Å²) in [6, 6.07) is 3.08. The van der Waals surface area contributed by atoms with Crippen molar-refractivity contribution in [3.8, 4) is 0 Å². The van der Waals surface area contributed by atoms with E-state index in [1.54, 1.807) is 0 Å². The molecular formula is C11H13BF3NO2. The van der Waals surface area contributed by atoms with Gasteiger partial charge in [-0.1, -0.05) is 0 Å². The van der Waals surface area contributed by atoms with Gasteiger partial charge in [-0.15, -0.1) is 0 Å². The molecule has 0 aliphatic carbocycles. The van der Waals surface area contributed by atoms with Crippen molar-refractivity contribution in [3.05, 3.63) is 23.8 Å². The lowest BCUT2D eigenvalue weighted by Crippen LogP contribution is -2.37. The molecule has 2 rings (SSSR count). The van der Waals surface area contributed by atoms with Crippen molar-refractivity contribution < 1.29 is 23.2 Å². The minimum absolute atomic E-state index is 0.0910. The van der Waals surface area contributed by atoms with Crippen molar-refractivity contribution in [1.29, 1.82) is 0 Å². The van der Waals surface area contributed by atoms with Gasteiger partial charge < -0.3 is 14.9 Å². The summed E-state index contributed by atoms with van der Waals surface area (Å²) in [5.74, 6) is 0. The Hall–Kier alpha value is -1.21. The zero-order valence-electron chi connectivity index (χ0n) is 9.61. The van der Waals surface area contributed by atoms with Gasteiger partial charge in [0.25, 0.3) is 0 Å². The Morgan fingerprint density at radius 3 is 2.22 bits per heavy atom. The van der Waals surface area contributed by atoms with Crippen LogP contribution in [0.4, 0.5) is 18.9 Å². The van der Waals surface area contributed by atoms with Crippen LogP contribution in [-0.4, -0.2) is 30.3 Å². The third-order valence-electron chi connectivity index (χ3n) is 3.08. The third-order valence-corrected chi connectivity index (χ3v) is 3.08. The molecule has 0 bridgehead atoms. The molecule has 1 aromatic rings. The number of rotatable bonds is 2. The van der Waals surface area contributed by atoms with E-state index in [2.05, 4.69) is 0 Å². The molecule has 0 radical (unpaired) electrons. The molecule has 1 saturated heterocycles. The van der Waals surface area contributed by atoms with E-state index in [0.29, 0.717) is 5.69 Å². The fourth-order valence-electron chi connectivity index (χ4n) is 2.18. The fraction of sp³-hybridized carbons (Fsp3) is 0.455. The van der Waals surface area contributed by atoms with Crippen molar-refractivity contribution in [1.82, 2.24) is 0 Å². The molecule has 0 aromatic heterocycles. The van der Waals surface area contributed by atoms with Gasteiger partial charge in [0.1, 0.15) is 0 Å². The zero-order chi connectivity index (χ0) is 13.3. The molecule has 7 heteroatoms. The van der Waals surface area contributed by atoms with Crippen molar-refractivity contribution in [2.45, 2.75) is 19.0 Å². The van der Waals surface area contributed by atoms with Gasteiger partial charge in [-0.3, -0.25) is 0 Å². The summed E-state index contributed by atoms with van der Waals surface area (Å²) in [5.41, 5.74) is -0.490. The molecule has 0 unspecified atom stereocenters. The van der Waals surface area contributed by atoms with E-state index in [1.807, 2.05) is 4.90 Å². The highest BCUT2D eigenvalue weighted by Gasteiger charge is 2.33. The van der Waals surface area contributed by atoms with Crippen molar-refractivity contribution in [2.24, 2.45) is 0 Å². The minimum Gasteiger partial charge on any atom is -0.423 e. The first-order valence-electron chi connectivity index (χ1n) is 5.72. The van der Waals surface area contributed by atoms with Crippen LogP contribution in [0.2, 0.25) is 0 Å². The van der Waals surface area contributed by atoms with Gasteiger partial charge in [-0.25, -0.2) is 0 Å². The second-order valence-corrected chi connectivity index (χ2v) is 4.34. The highest BCUT2D eigenvalue weighted by atomic mass is 19.4. The summed E-state index contributed by atoms with van der Waals surface area (Å²) in [5, 5.41) is 18.4. The Morgan fingerprint density at radius 2 is 1.72 bits per heavy atom. The topological polar surface area (TPSA) is 43.7 Å². The largest absolute Gasteiger partial charge is 0.490 e. The molecule has 0 saturated carbocycles. The van der Waals surface area contributed by atoms with Gasteiger partial charge in [-0.2, -0.15) is 13.2 Å². The Kier molecular flexibility index (Phi) is 3.54. The number of nitrogens with zero attached hydrogens (tertiary/aromatic N) is 1. The maximum Gasteiger partial charge on any atom is 0.490 e. The van der Waals surface area contributed by atoms with Crippen LogP contribution in [0.1, 0.15) is 18.4 Å². The monoisotopic (exact) mass is 259 g/mol. The van der Waals surface area contributed by atoms with Crippen LogP contribution in [0.5, 0.6) is 0 Å². The standard InChI is InChI=1S/C11H13BF3NO2/c13-11(14,15)8-3-4-10(9(7-8)12(17)18)16-5-1-2-6-16/h3-4,7,17-18H,1-2,5-6H2. The lowest BCUT2D eigenvalue weighted by molar-refractivity contribution is -0.137. The maximum absolute atomic E-state index is 12.6. The van der Waals surface area contributed by atoms with Crippen LogP contribution in [-0.2, 0) is 6.18 Å². The van der Waals surface area contributed by atoms with Crippen LogP contribution in [0.25, 0.3) is 0 Å². The zero-order valence-corrected chi connectivity index (χ0v) is 9.61. The van der Waals surface area contributed by atoms with E-state index >= 15 is 0 Å². The number of hydrogen-bond acceptors (Lipinski definition) is 3. The fourth-order valence-corrected chi connectivity index (χ4v) is 2.18. The number of anilines is 1. The first kappa shape index (κ1) is 13.2. The molecule has 18 heavy (non-hydrogen) atoms. The molecule has 0 atom stereocenters. The van der Waals surface area contributed by atoms with Crippen LogP contribution in [0, 0.1) is 0 Å². The van der Waals surface area contributed by atoms with Crippen molar-refractivity contribution in [3.63, 3.8) is 0 Å². The normalized spacial score (nSPS) is 16.2. The highest BCUT2D eigenvalue weighted by molar-refractivity contribution is 6.60. The Labute approximate surface area is 103 Å². The molecule has 1 aromatic carbocycles. The average molecular weight is 259 g/mol. The minimum atomic E-state index is -4.48. The van der Waals surface area contributed by atoms with Crippen molar-refractivity contribution >= 4 is 18.3 Å². The van der Waals surface area contributed by atoms with Crippen LogP contribution in [0.3, 0.4) is 0 Å². The van der Waals surface area contributed by atoms with Gasteiger partial charge in [0, 0.05) is 24.2 Å². The molecule has 1 aliphatic heterocycles. The molecule has 98 valence electrons. The van der Waals surface area contributed by atoms with Gasteiger partial charge >= 0.3 is 13.3 Å². The Balaban J connectivity index is 2.41. The summed E-state index contributed by atoms with van der Waals surface area (Å²) in [6.07, 6.45) is -2.56. The van der Waals surface area contributed by atoms with E-state index in [1.165, 1.54) is 6.07 Å². The van der Waals surface area contributed by atoms with Crippen LogP contribution >= 0.6 is 0 Å². The van der Waals surface area contributed by atoms with E-state index in [0.717, 1.165) is 38.1 Å². The Morgan fingerprint density at radius 1 is 1.11 bits per heavy atom. The summed E-state index contributed by atoms with van der Waals surface area (Å²) >= 11 is 0. The van der Waals surface area contributed by atoms with Gasteiger partial charge in [0.05, 0.1) is 5.56 Å². The summed E-state index contributed by atoms with van der Waals surface area (Å²) in [7, 11) is -1.90. The lowest BCUT2D eigenvalue weighted by atomic mass is 9.77. The lowest BCUT2D eigenvalue weighted by Gasteiger charge is -2.22. The summed E-state index contributed by atoms with van der Waals surface area (Å²) in [6.45, 7) is 1.45. The SMILES string of the molecule is OB(O)c1cc(C(F)(F)F)ccc1N1CCCC1. The second kappa shape index (κ2) is 4.82. The molecule has 1 aliphatic rings. The van der Waals surface area contributed by atoms with E-state index < -0.39 is 18.9 Å². The second-order valence-electron chi connectivity index (χ2n) is 4.34. The highest BCUT2D eigenvalue weighted by Crippen LogP contribution is 2.30. The van der Waals surface area contributed by atoms with Crippen LogP contribution < -0.4 is 10.4 Å². The number of benzene rings is 1. The Bertz CT molecular complexity index is 431. The smallest absolute Gasteiger partial charge is 0.423 e. The molecular weight excluding hydrogens is 246 g/mol. The number of halogens is 3. The molecule has 3 nitrogen and oxygen atoms in total. The van der Waals surface area contributed by atoms with E-state index in [-0.39, 0.29) is 5.46 Å². The van der Waals surface area contributed by atoms with Crippen LogP contribution in [0.15, 0.2) is 18.2 Å². The van der Waals surface area contributed by atoms with Gasteiger partial charge in [-0.05, 0) is 31.0 Å².